The second kappa shape index (κ2) is 9.28. The largest absolute Gasteiger partial charge is 0.497 e. The van der Waals surface area contributed by atoms with E-state index in [0.29, 0.717) is 27.7 Å². The van der Waals surface area contributed by atoms with Crippen LogP contribution in [-0.4, -0.2) is 18.0 Å². The normalized spacial score (nSPS) is 14.9. The highest BCUT2D eigenvalue weighted by molar-refractivity contribution is 7.16. The van der Waals surface area contributed by atoms with E-state index in [4.69, 9.17) is 9.72 Å². The minimum atomic E-state index is -0.226. The first kappa shape index (κ1) is 22.1. The fraction of sp³-hybridized carbons (Fsp3) is 0.250. The Morgan fingerprint density at radius 2 is 2.03 bits per heavy atom. The van der Waals surface area contributed by atoms with Crippen LogP contribution in [0.1, 0.15) is 46.1 Å². The Morgan fingerprint density at radius 3 is 2.76 bits per heavy atom. The molecule has 1 aliphatic rings. The SMILES string of the molecule is CCC1CCc2c(sc(NC(=O)c3cc(-c4ccc(OC)cc4)nc4ccccc34)c2C#N)C1. The lowest BCUT2D eigenvalue weighted by Gasteiger charge is -2.20. The van der Waals surface area contributed by atoms with Gasteiger partial charge < -0.3 is 10.1 Å². The van der Waals surface area contributed by atoms with Gasteiger partial charge in [-0.05, 0) is 67.1 Å². The van der Waals surface area contributed by atoms with Crippen molar-refractivity contribution in [1.82, 2.24) is 4.98 Å². The van der Waals surface area contributed by atoms with Crippen LogP contribution in [0.4, 0.5) is 5.00 Å². The molecule has 34 heavy (non-hydrogen) atoms. The van der Waals surface area contributed by atoms with Crippen LogP contribution < -0.4 is 10.1 Å². The summed E-state index contributed by atoms with van der Waals surface area (Å²) in [5.41, 5.74) is 4.64. The molecule has 1 atom stereocenters. The van der Waals surface area contributed by atoms with E-state index in [1.807, 2.05) is 54.6 Å². The lowest BCUT2D eigenvalue weighted by Crippen LogP contribution is -2.13. The number of benzene rings is 2. The van der Waals surface area contributed by atoms with Crippen molar-refractivity contribution in [3.8, 4) is 23.1 Å². The van der Waals surface area contributed by atoms with Crippen molar-refractivity contribution < 1.29 is 9.53 Å². The molecule has 0 saturated heterocycles. The van der Waals surface area contributed by atoms with Crippen molar-refractivity contribution in [3.63, 3.8) is 0 Å². The first-order valence-electron chi connectivity index (χ1n) is 11.5. The second-order valence-electron chi connectivity index (χ2n) is 8.59. The molecule has 2 aromatic heterocycles. The van der Waals surface area contributed by atoms with Gasteiger partial charge in [0.25, 0.3) is 5.91 Å². The van der Waals surface area contributed by atoms with Crippen molar-refractivity contribution in [2.45, 2.75) is 32.6 Å². The average Bonchev–Trinajstić information content (AvgIpc) is 3.23. The van der Waals surface area contributed by atoms with E-state index in [0.717, 1.165) is 53.5 Å². The number of nitrogens with zero attached hydrogens (tertiary/aromatic N) is 2. The van der Waals surface area contributed by atoms with E-state index in [2.05, 4.69) is 18.3 Å². The molecule has 0 spiro atoms. The number of ether oxygens (including phenoxy) is 1. The maximum atomic E-state index is 13.6. The molecule has 0 saturated carbocycles. The summed E-state index contributed by atoms with van der Waals surface area (Å²) >= 11 is 1.55. The third-order valence-electron chi connectivity index (χ3n) is 6.63. The van der Waals surface area contributed by atoms with Gasteiger partial charge in [0, 0.05) is 15.8 Å². The number of aromatic nitrogens is 1. The zero-order valence-electron chi connectivity index (χ0n) is 19.2. The number of methoxy groups -OCH3 is 1. The van der Waals surface area contributed by atoms with Gasteiger partial charge in [-0.3, -0.25) is 4.79 Å². The molecule has 0 fully saturated rings. The Hall–Kier alpha value is -3.69. The van der Waals surface area contributed by atoms with Gasteiger partial charge in [0.2, 0.25) is 0 Å². The molecule has 5 rings (SSSR count). The van der Waals surface area contributed by atoms with E-state index < -0.39 is 0 Å². The van der Waals surface area contributed by atoms with Crippen molar-refractivity contribution >= 4 is 33.1 Å². The predicted molar refractivity (Wildman–Crippen MR) is 137 cm³/mol. The number of hydrogen-bond donors (Lipinski definition) is 1. The van der Waals surface area contributed by atoms with Crippen LogP contribution in [0.25, 0.3) is 22.2 Å². The fourth-order valence-electron chi connectivity index (χ4n) is 4.65. The highest BCUT2D eigenvalue weighted by Crippen LogP contribution is 2.40. The lowest BCUT2D eigenvalue weighted by atomic mass is 9.86. The number of fused-ring (bicyclic) bond motifs is 2. The summed E-state index contributed by atoms with van der Waals surface area (Å²) in [6.45, 7) is 2.21. The minimum absolute atomic E-state index is 0.226. The van der Waals surface area contributed by atoms with E-state index in [1.54, 1.807) is 18.4 Å². The van der Waals surface area contributed by atoms with Gasteiger partial charge in [-0.2, -0.15) is 5.26 Å². The molecule has 0 radical (unpaired) electrons. The minimum Gasteiger partial charge on any atom is -0.497 e. The number of para-hydroxylation sites is 1. The molecule has 2 aromatic carbocycles. The Balaban J connectivity index is 1.54. The van der Waals surface area contributed by atoms with E-state index >= 15 is 0 Å². The zero-order chi connectivity index (χ0) is 23.7. The van der Waals surface area contributed by atoms with Gasteiger partial charge in [-0.15, -0.1) is 11.3 Å². The fourth-order valence-corrected chi connectivity index (χ4v) is 5.96. The molecule has 1 amide bonds. The van der Waals surface area contributed by atoms with Crippen LogP contribution in [0.5, 0.6) is 5.75 Å². The van der Waals surface area contributed by atoms with Crippen LogP contribution in [-0.2, 0) is 12.8 Å². The van der Waals surface area contributed by atoms with Crippen molar-refractivity contribution in [2.75, 3.05) is 12.4 Å². The summed E-state index contributed by atoms with van der Waals surface area (Å²) in [6.07, 6.45) is 4.13. The number of nitrogens with one attached hydrogen (secondary N) is 1. The Morgan fingerprint density at radius 1 is 1.24 bits per heavy atom. The van der Waals surface area contributed by atoms with Crippen molar-refractivity contribution in [2.24, 2.45) is 5.92 Å². The zero-order valence-corrected chi connectivity index (χ0v) is 20.0. The van der Waals surface area contributed by atoms with Crippen LogP contribution in [0.3, 0.4) is 0 Å². The van der Waals surface area contributed by atoms with Crippen LogP contribution in [0.15, 0.2) is 54.6 Å². The van der Waals surface area contributed by atoms with Crippen LogP contribution in [0.2, 0.25) is 0 Å². The Labute approximate surface area is 203 Å². The van der Waals surface area contributed by atoms with Gasteiger partial charge in [0.05, 0.1) is 29.4 Å². The number of nitriles is 1. The van der Waals surface area contributed by atoms with Crippen LogP contribution >= 0.6 is 11.3 Å². The molecule has 0 bridgehead atoms. The third kappa shape index (κ3) is 4.04. The predicted octanol–water partition coefficient (Wildman–Crippen LogP) is 6.61. The summed E-state index contributed by atoms with van der Waals surface area (Å²) in [6, 6.07) is 19.4. The first-order chi connectivity index (χ1) is 16.6. The number of amides is 1. The lowest BCUT2D eigenvalue weighted by molar-refractivity contribution is 0.102. The Bertz CT molecular complexity index is 1420. The number of pyridine rings is 1. The third-order valence-corrected chi connectivity index (χ3v) is 7.80. The van der Waals surface area contributed by atoms with Gasteiger partial charge >= 0.3 is 0 Å². The Kier molecular flexibility index (Phi) is 6.04. The van der Waals surface area contributed by atoms with E-state index in [9.17, 15) is 10.1 Å². The quantitative estimate of drug-likeness (QED) is 0.358. The molecule has 2 heterocycles. The van der Waals surface area contributed by atoms with Gasteiger partial charge in [0.1, 0.15) is 16.8 Å². The van der Waals surface area contributed by atoms with Gasteiger partial charge in [-0.25, -0.2) is 4.98 Å². The topological polar surface area (TPSA) is 75.0 Å². The molecule has 1 N–H and O–H groups in total. The number of thiophene rings is 1. The maximum absolute atomic E-state index is 13.6. The number of anilines is 1. The van der Waals surface area contributed by atoms with Gasteiger partial charge in [0.15, 0.2) is 0 Å². The molecule has 6 heteroatoms. The second-order valence-corrected chi connectivity index (χ2v) is 9.70. The highest BCUT2D eigenvalue weighted by atomic mass is 32.1. The van der Waals surface area contributed by atoms with Crippen LogP contribution in [0, 0.1) is 17.2 Å². The van der Waals surface area contributed by atoms with Crippen molar-refractivity contribution in [1.29, 1.82) is 5.26 Å². The molecule has 5 nitrogen and oxygen atoms in total. The first-order valence-corrected chi connectivity index (χ1v) is 12.3. The smallest absolute Gasteiger partial charge is 0.257 e. The number of rotatable bonds is 5. The summed E-state index contributed by atoms with van der Waals surface area (Å²) < 4.78 is 5.26. The molecule has 170 valence electrons. The molecular formula is C28H25N3O2S. The summed E-state index contributed by atoms with van der Waals surface area (Å²) in [4.78, 5) is 19.6. The van der Waals surface area contributed by atoms with E-state index in [-0.39, 0.29) is 5.91 Å². The summed E-state index contributed by atoms with van der Waals surface area (Å²) in [7, 11) is 1.63. The molecule has 1 aliphatic carbocycles. The molecule has 4 aromatic rings. The van der Waals surface area contributed by atoms with E-state index in [1.165, 1.54) is 4.88 Å². The van der Waals surface area contributed by atoms with Gasteiger partial charge in [-0.1, -0.05) is 31.5 Å². The highest BCUT2D eigenvalue weighted by Gasteiger charge is 2.26. The monoisotopic (exact) mass is 467 g/mol. The van der Waals surface area contributed by atoms with Crippen molar-refractivity contribution in [3.05, 3.63) is 76.2 Å². The standard InChI is InChI=1S/C28H25N3O2S/c1-3-17-8-13-21-23(16-29)28(34-26(21)14-17)31-27(32)22-15-25(18-9-11-19(33-2)12-10-18)30-24-7-5-4-6-20(22)24/h4-7,9-12,15,17H,3,8,13-14H2,1-2H3,(H,31,32). The maximum Gasteiger partial charge on any atom is 0.257 e. The summed E-state index contributed by atoms with van der Waals surface area (Å²) in [5, 5.41) is 14.4. The molecular weight excluding hydrogens is 442 g/mol. The molecule has 0 aliphatic heterocycles. The number of hydrogen-bond acceptors (Lipinski definition) is 5. The average molecular weight is 468 g/mol. The summed E-state index contributed by atoms with van der Waals surface area (Å²) in [5.74, 6) is 1.19. The number of carbonyl (C=O) groups excluding carboxylic acids is 1. The molecule has 1 unspecified atom stereocenters. The number of carbonyl (C=O) groups is 1.